The Labute approximate surface area is 98.6 Å². The van der Waals surface area contributed by atoms with Gasteiger partial charge in [0.15, 0.2) is 0 Å². The van der Waals surface area contributed by atoms with Crippen LogP contribution in [0.4, 0.5) is 0 Å². The third-order valence-electron chi connectivity index (χ3n) is 3.38. The van der Waals surface area contributed by atoms with Crippen LogP contribution in [0.3, 0.4) is 0 Å². The van der Waals surface area contributed by atoms with Crippen LogP contribution in [-0.2, 0) is 4.79 Å². The van der Waals surface area contributed by atoms with Gasteiger partial charge in [0.05, 0.1) is 6.04 Å². The van der Waals surface area contributed by atoms with Gasteiger partial charge in [0.25, 0.3) is 0 Å². The van der Waals surface area contributed by atoms with Gasteiger partial charge in [0.1, 0.15) is 0 Å². The molecule has 1 heterocycles. The van der Waals surface area contributed by atoms with Crippen molar-refractivity contribution in [3.63, 3.8) is 0 Å². The maximum absolute atomic E-state index is 11.2. The summed E-state index contributed by atoms with van der Waals surface area (Å²) < 4.78 is 0. The fourth-order valence-corrected chi connectivity index (χ4v) is 2.28. The highest BCUT2D eigenvalue weighted by molar-refractivity contribution is 5.79. The first-order valence-electron chi connectivity index (χ1n) is 6.42. The summed E-state index contributed by atoms with van der Waals surface area (Å²) in [4.78, 5) is 13.7. The molecule has 2 atom stereocenters. The second-order valence-corrected chi connectivity index (χ2v) is 4.72. The molecular formula is C12H25N3O. The van der Waals surface area contributed by atoms with Gasteiger partial charge in [-0.1, -0.05) is 6.92 Å². The molecule has 0 spiro atoms. The number of likely N-dealkylation sites (tertiary alicyclic amines) is 1. The third-order valence-corrected chi connectivity index (χ3v) is 3.38. The molecule has 1 fully saturated rings. The van der Waals surface area contributed by atoms with Crippen molar-refractivity contribution >= 4 is 5.91 Å². The van der Waals surface area contributed by atoms with Gasteiger partial charge in [0.2, 0.25) is 5.91 Å². The lowest BCUT2D eigenvalue weighted by Gasteiger charge is -2.23. The number of carbonyl (C=O) groups is 1. The lowest BCUT2D eigenvalue weighted by molar-refractivity contribution is -0.120. The predicted octanol–water partition coefficient (Wildman–Crippen LogP) is 0.714. The summed E-state index contributed by atoms with van der Waals surface area (Å²) in [7, 11) is 0. The molecule has 0 saturated carbocycles. The molecule has 0 radical (unpaired) electrons. The SMILES string of the molecule is CCCNC(CCN1CCCC1C)C(N)=O. The van der Waals surface area contributed by atoms with Crippen molar-refractivity contribution in [3.05, 3.63) is 0 Å². The molecule has 1 rings (SSSR count). The highest BCUT2D eigenvalue weighted by atomic mass is 16.1. The Morgan fingerprint density at radius 2 is 2.38 bits per heavy atom. The van der Waals surface area contributed by atoms with E-state index < -0.39 is 0 Å². The maximum Gasteiger partial charge on any atom is 0.234 e. The number of nitrogens with two attached hydrogens (primary N) is 1. The van der Waals surface area contributed by atoms with Crippen molar-refractivity contribution in [2.24, 2.45) is 5.73 Å². The second kappa shape index (κ2) is 6.86. The number of nitrogens with zero attached hydrogens (tertiary/aromatic N) is 1. The smallest absolute Gasteiger partial charge is 0.234 e. The average molecular weight is 227 g/mol. The molecule has 4 heteroatoms. The Morgan fingerprint density at radius 3 is 2.88 bits per heavy atom. The quantitative estimate of drug-likeness (QED) is 0.673. The Morgan fingerprint density at radius 1 is 1.62 bits per heavy atom. The number of amides is 1. The van der Waals surface area contributed by atoms with Crippen LogP contribution in [0, 0.1) is 0 Å². The molecule has 16 heavy (non-hydrogen) atoms. The average Bonchev–Trinajstić information content (AvgIpc) is 2.64. The Kier molecular flexibility index (Phi) is 5.77. The zero-order valence-corrected chi connectivity index (χ0v) is 10.5. The molecule has 0 aromatic rings. The van der Waals surface area contributed by atoms with E-state index in [4.69, 9.17) is 5.73 Å². The van der Waals surface area contributed by atoms with Gasteiger partial charge < -0.3 is 16.0 Å². The van der Waals surface area contributed by atoms with E-state index in [9.17, 15) is 4.79 Å². The van der Waals surface area contributed by atoms with Gasteiger partial charge in [-0.2, -0.15) is 0 Å². The minimum atomic E-state index is -0.222. The number of hydrogen-bond donors (Lipinski definition) is 2. The fourth-order valence-electron chi connectivity index (χ4n) is 2.28. The Bertz CT molecular complexity index is 220. The lowest BCUT2D eigenvalue weighted by Crippen LogP contribution is -2.44. The molecule has 1 aliphatic heterocycles. The van der Waals surface area contributed by atoms with Crippen LogP contribution in [-0.4, -0.2) is 42.5 Å². The van der Waals surface area contributed by atoms with Crippen molar-refractivity contribution < 1.29 is 4.79 Å². The molecule has 3 N–H and O–H groups in total. The second-order valence-electron chi connectivity index (χ2n) is 4.72. The van der Waals surface area contributed by atoms with E-state index in [1.807, 2.05) is 0 Å². The molecule has 4 nitrogen and oxygen atoms in total. The molecule has 1 saturated heterocycles. The summed E-state index contributed by atoms with van der Waals surface area (Å²) in [5.74, 6) is -0.222. The number of hydrogen-bond acceptors (Lipinski definition) is 3. The number of carbonyl (C=O) groups excluding carboxylic acids is 1. The third kappa shape index (κ3) is 4.10. The highest BCUT2D eigenvalue weighted by Gasteiger charge is 2.22. The van der Waals surface area contributed by atoms with Crippen LogP contribution >= 0.6 is 0 Å². The fraction of sp³-hybridized carbons (Fsp3) is 0.917. The minimum absolute atomic E-state index is 0.159. The van der Waals surface area contributed by atoms with Gasteiger partial charge in [-0.3, -0.25) is 4.79 Å². The lowest BCUT2D eigenvalue weighted by atomic mass is 10.1. The summed E-state index contributed by atoms with van der Waals surface area (Å²) in [6.45, 7) is 7.36. The van der Waals surface area contributed by atoms with E-state index >= 15 is 0 Å². The van der Waals surface area contributed by atoms with Crippen LogP contribution in [0.5, 0.6) is 0 Å². The molecule has 0 aromatic carbocycles. The van der Waals surface area contributed by atoms with E-state index in [2.05, 4.69) is 24.1 Å². The molecule has 94 valence electrons. The van der Waals surface area contributed by atoms with E-state index in [1.165, 1.54) is 19.4 Å². The topological polar surface area (TPSA) is 58.4 Å². The van der Waals surface area contributed by atoms with Gasteiger partial charge >= 0.3 is 0 Å². The number of primary amides is 1. The molecule has 0 bridgehead atoms. The highest BCUT2D eigenvalue weighted by Crippen LogP contribution is 2.16. The number of nitrogens with one attached hydrogen (secondary N) is 1. The summed E-state index contributed by atoms with van der Waals surface area (Å²) >= 11 is 0. The first-order valence-corrected chi connectivity index (χ1v) is 6.42. The van der Waals surface area contributed by atoms with Crippen LogP contribution in [0.15, 0.2) is 0 Å². The Balaban J connectivity index is 2.28. The van der Waals surface area contributed by atoms with Crippen molar-refractivity contribution in [3.8, 4) is 0 Å². The first kappa shape index (κ1) is 13.5. The molecule has 2 unspecified atom stereocenters. The van der Waals surface area contributed by atoms with Crippen LogP contribution in [0.25, 0.3) is 0 Å². The van der Waals surface area contributed by atoms with Crippen LogP contribution < -0.4 is 11.1 Å². The van der Waals surface area contributed by atoms with Gasteiger partial charge in [-0.15, -0.1) is 0 Å². The Hall–Kier alpha value is -0.610. The molecule has 1 aliphatic rings. The maximum atomic E-state index is 11.2. The molecular weight excluding hydrogens is 202 g/mol. The van der Waals surface area contributed by atoms with Crippen LogP contribution in [0.1, 0.15) is 39.5 Å². The summed E-state index contributed by atoms with van der Waals surface area (Å²) in [5.41, 5.74) is 5.38. The number of rotatable bonds is 7. The first-order chi connectivity index (χ1) is 7.65. The van der Waals surface area contributed by atoms with E-state index in [-0.39, 0.29) is 11.9 Å². The monoisotopic (exact) mass is 227 g/mol. The van der Waals surface area contributed by atoms with Gasteiger partial charge in [0, 0.05) is 12.6 Å². The molecule has 0 aromatic heterocycles. The van der Waals surface area contributed by atoms with Crippen molar-refractivity contribution in [1.29, 1.82) is 0 Å². The molecule has 1 amide bonds. The van der Waals surface area contributed by atoms with E-state index in [0.717, 1.165) is 25.9 Å². The zero-order valence-electron chi connectivity index (χ0n) is 10.5. The summed E-state index contributed by atoms with van der Waals surface area (Å²) in [6.07, 6.45) is 4.43. The van der Waals surface area contributed by atoms with Crippen LogP contribution in [0.2, 0.25) is 0 Å². The zero-order chi connectivity index (χ0) is 12.0. The normalized spacial score (nSPS) is 23.5. The predicted molar refractivity (Wildman–Crippen MR) is 66.2 cm³/mol. The van der Waals surface area contributed by atoms with Gasteiger partial charge in [-0.05, 0) is 45.7 Å². The van der Waals surface area contributed by atoms with E-state index in [1.54, 1.807) is 0 Å². The van der Waals surface area contributed by atoms with Crippen molar-refractivity contribution in [2.75, 3.05) is 19.6 Å². The van der Waals surface area contributed by atoms with Crippen molar-refractivity contribution in [1.82, 2.24) is 10.2 Å². The standard InChI is InChI=1S/C12H25N3O/c1-3-7-14-11(12(13)16)6-9-15-8-4-5-10(15)2/h10-11,14H,3-9H2,1-2H3,(H2,13,16). The largest absolute Gasteiger partial charge is 0.368 e. The summed E-state index contributed by atoms with van der Waals surface area (Å²) in [5, 5.41) is 3.21. The molecule has 0 aliphatic carbocycles. The van der Waals surface area contributed by atoms with Gasteiger partial charge in [-0.25, -0.2) is 0 Å². The minimum Gasteiger partial charge on any atom is -0.368 e. The summed E-state index contributed by atoms with van der Waals surface area (Å²) in [6, 6.07) is 0.507. The van der Waals surface area contributed by atoms with E-state index in [0.29, 0.717) is 6.04 Å². The van der Waals surface area contributed by atoms with Crippen molar-refractivity contribution in [2.45, 2.75) is 51.6 Å².